The summed E-state index contributed by atoms with van der Waals surface area (Å²) in [5.74, 6) is 0. The van der Waals surface area contributed by atoms with Crippen molar-refractivity contribution < 1.29 is 8.42 Å². The Balaban J connectivity index is 1.71. The Labute approximate surface area is 127 Å². The van der Waals surface area contributed by atoms with Crippen molar-refractivity contribution >= 4 is 27.0 Å². The van der Waals surface area contributed by atoms with E-state index in [0.29, 0.717) is 17.9 Å². The first kappa shape index (κ1) is 14.4. The van der Waals surface area contributed by atoms with E-state index in [0.717, 1.165) is 23.7 Å². The van der Waals surface area contributed by atoms with Gasteiger partial charge in [0.05, 0.1) is 4.90 Å². The first-order valence-electron chi connectivity index (χ1n) is 6.65. The number of nitrogens with zero attached hydrogens (tertiary/aromatic N) is 3. The Morgan fingerprint density at radius 3 is 3.05 bits per heavy atom. The second-order valence-corrected chi connectivity index (χ2v) is 7.63. The highest BCUT2D eigenvalue weighted by atomic mass is 32.2. The van der Waals surface area contributed by atoms with Crippen molar-refractivity contribution in [1.29, 1.82) is 0 Å². The molecule has 8 heteroatoms. The lowest BCUT2D eigenvalue weighted by molar-refractivity contribution is 0.581. The van der Waals surface area contributed by atoms with Gasteiger partial charge in [-0.25, -0.2) is 13.1 Å². The number of likely N-dealkylation sites (N-methyl/N-ethyl adjacent to an activating group) is 1. The molecule has 1 aliphatic heterocycles. The van der Waals surface area contributed by atoms with Gasteiger partial charge >= 0.3 is 0 Å². The second kappa shape index (κ2) is 5.70. The van der Waals surface area contributed by atoms with Gasteiger partial charge in [-0.05, 0) is 24.1 Å². The van der Waals surface area contributed by atoms with Crippen LogP contribution < -0.4 is 9.62 Å². The maximum absolute atomic E-state index is 12.3. The van der Waals surface area contributed by atoms with Crippen molar-refractivity contribution in [3.63, 3.8) is 0 Å². The summed E-state index contributed by atoms with van der Waals surface area (Å²) in [5.41, 5.74) is 3.84. The molecule has 0 spiro atoms. The average molecular weight is 324 g/mol. The van der Waals surface area contributed by atoms with Crippen LogP contribution in [0.4, 0.5) is 5.69 Å². The molecule has 0 radical (unpaired) electrons. The van der Waals surface area contributed by atoms with Crippen LogP contribution in [0.5, 0.6) is 0 Å². The molecule has 6 nitrogen and oxygen atoms in total. The summed E-state index contributed by atoms with van der Waals surface area (Å²) >= 11 is 1.42. The molecule has 1 aromatic carbocycles. The van der Waals surface area contributed by atoms with Crippen LogP contribution in [0.1, 0.15) is 10.6 Å². The number of benzene rings is 1. The smallest absolute Gasteiger partial charge is 0.240 e. The molecule has 21 heavy (non-hydrogen) atoms. The number of fused-ring (bicyclic) bond motifs is 1. The van der Waals surface area contributed by atoms with Gasteiger partial charge in [-0.15, -0.1) is 21.5 Å². The van der Waals surface area contributed by atoms with Crippen molar-refractivity contribution in [1.82, 2.24) is 14.9 Å². The lowest BCUT2D eigenvalue weighted by atomic mass is 10.2. The van der Waals surface area contributed by atoms with Gasteiger partial charge in [0.15, 0.2) is 0 Å². The molecule has 1 aromatic heterocycles. The number of sulfonamides is 1. The Hall–Kier alpha value is -1.51. The highest BCUT2D eigenvalue weighted by Crippen LogP contribution is 2.29. The van der Waals surface area contributed by atoms with Crippen LogP contribution in [0, 0.1) is 0 Å². The van der Waals surface area contributed by atoms with E-state index in [1.54, 1.807) is 17.6 Å². The topological polar surface area (TPSA) is 75.2 Å². The zero-order valence-corrected chi connectivity index (χ0v) is 13.2. The lowest BCUT2D eigenvalue weighted by Crippen LogP contribution is -2.26. The van der Waals surface area contributed by atoms with Crippen molar-refractivity contribution in [2.45, 2.75) is 17.7 Å². The fourth-order valence-corrected chi connectivity index (χ4v) is 3.95. The molecule has 0 saturated heterocycles. The van der Waals surface area contributed by atoms with Crippen LogP contribution >= 0.6 is 11.3 Å². The minimum atomic E-state index is -3.48. The minimum absolute atomic E-state index is 0.312. The lowest BCUT2D eigenvalue weighted by Gasteiger charge is -2.13. The van der Waals surface area contributed by atoms with Gasteiger partial charge < -0.3 is 4.90 Å². The maximum Gasteiger partial charge on any atom is 0.240 e. The molecule has 0 amide bonds. The van der Waals surface area contributed by atoms with E-state index in [2.05, 4.69) is 19.8 Å². The van der Waals surface area contributed by atoms with Crippen LogP contribution in [0.3, 0.4) is 0 Å². The quantitative estimate of drug-likeness (QED) is 0.890. The third-order valence-electron chi connectivity index (χ3n) is 3.53. The average Bonchev–Trinajstić information content (AvgIpc) is 3.09. The monoisotopic (exact) mass is 324 g/mol. The van der Waals surface area contributed by atoms with E-state index >= 15 is 0 Å². The summed E-state index contributed by atoms with van der Waals surface area (Å²) in [7, 11) is -1.50. The van der Waals surface area contributed by atoms with Gasteiger partial charge in [0.1, 0.15) is 10.5 Å². The third-order valence-corrected chi connectivity index (χ3v) is 5.75. The predicted molar refractivity (Wildman–Crippen MR) is 82.2 cm³/mol. The van der Waals surface area contributed by atoms with Gasteiger partial charge in [0.2, 0.25) is 10.0 Å². The normalized spacial score (nSPS) is 14.4. The molecular formula is C13H16N4O2S2. The summed E-state index contributed by atoms with van der Waals surface area (Å²) in [6.07, 6.45) is 1.52. The molecule has 112 valence electrons. The second-order valence-electron chi connectivity index (χ2n) is 4.94. The standard InChI is InChI=1S/C13H16N4O2S2/c1-17-7-5-10-2-3-11(8-12(10)17)21(18,19)15-6-4-13-16-14-9-20-13/h2-3,8-9,15H,4-7H2,1H3. The Bertz CT molecular complexity index is 729. The number of anilines is 1. The molecule has 1 aliphatic rings. The molecule has 2 heterocycles. The Morgan fingerprint density at radius 2 is 2.29 bits per heavy atom. The summed E-state index contributed by atoms with van der Waals surface area (Å²) in [6.45, 7) is 1.26. The largest absolute Gasteiger partial charge is 0.374 e. The highest BCUT2D eigenvalue weighted by Gasteiger charge is 2.20. The number of nitrogens with one attached hydrogen (secondary N) is 1. The predicted octanol–water partition coefficient (Wildman–Crippen LogP) is 1.05. The summed E-state index contributed by atoms with van der Waals surface area (Å²) in [5, 5.41) is 8.45. The molecule has 0 bridgehead atoms. The Kier molecular flexibility index (Phi) is 3.92. The molecule has 0 fully saturated rings. The zero-order valence-electron chi connectivity index (χ0n) is 11.6. The third kappa shape index (κ3) is 3.07. The van der Waals surface area contributed by atoms with E-state index < -0.39 is 10.0 Å². The van der Waals surface area contributed by atoms with Crippen LogP contribution in [0.2, 0.25) is 0 Å². The molecule has 0 unspecified atom stereocenters. The van der Waals surface area contributed by atoms with Gasteiger partial charge in [-0.2, -0.15) is 0 Å². The van der Waals surface area contributed by atoms with Crippen molar-refractivity contribution in [3.8, 4) is 0 Å². The van der Waals surface area contributed by atoms with Crippen LogP contribution in [-0.4, -0.2) is 38.8 Å². The summed E-state index contributed by atoms with van der Waals surface area (Å²) in [4.78, 5) is 2.39. The van der Waals surface area contributed by atoms with Gasteiger partial charge in [-0.1, -0.05) is 6.07 Å². The fourth-order valence-electron chi connectivity index (χ4n) is 2.37. The molecule has 1 N–H and O–H groups in total. The summed E-state index contributed by atoms with van der Waals surface area (Å²) < 4.78 is 27.2. The number of hydrogen-bond donors (Lipinski definition) is 1. The fraction of sp³-hybridized carbons (Fsp3) is 0.385. The van der Waals surface area contributed by atoms with Gasteiger partial charge in [0.25, 0.3) is 0 Å². The summed E-state index contributed by atoms with van der Waals surface area (Å²) in [6, 6.07) is 5.32. The van der Waals surface area contributed by atoms with E-state index in [9.17, 15) is 8.42 Å². The SMILES string of the molecule is CN1CCc2ccc(S(=O)(=O)NCCc3nncs3)cc21. The van der Waals surface area contributed by atoms with Crippen molar-refractivity contribution in [2.75, 3.05) is 25.0 Å². The molecular weight excluding hydrogens is 308 g/mol. The van der Waals surface area contributed by atoms with Crippen LogP contribution in [-0.2, 0) is 22.9 Å². The Morgan fingerprint density at radius 1 is 1.43 bits per heavy atom. The van der Waals surface area contributed by atoms with E-state index in [1.165, 1.54) is 16.9 Å². The molecule has 0 saturated carbocycles. The van der Waals surface area contributed by atoms with Crippen LogP contribution in [0.15, 0.2) is 28.6 Å². The van der Waals surface area contributed by atoms with E-state index in [4.69, 9.17) is 0 Å². The van der Waals surface area contributed by atoms with Crippen LogP contribution in [0.25, 0.3) is 0 Å². The van der Waals surface area contributed by atoms with Crippen molar-refractivity contribution in [2.24, 2.45) is 0 Å². The zero-order chi connectivity index (χ0) is 14.9. The molecule has 0 atom stereocenters. The van der Waals surface area contributed by atoms with E-state index in [1.807, 2.05) is 13.1 Å². The first-order chi connectivity index (χ1) is 10.1. The van der Waals surface area contributed by atoms with Gasteiger partial charge in [-0.3, -0.25) is 0 Å². The number of aromatic nitrogens is 2. The maximum atomic E-state index is 12.3. The molecule has 2 aromatic rings. The molecule has 3 rings (SSSR count). The first-order valence-corrected chi connectivity index (χ1v) is 9.01. The van der Waals surface area contributed by atoms with E-state index in [-0.39, 0.29) is 0 Å². The van der Waals surface area contributed by atoms with Crippen molar-refractivity contribution in [3.05, 3.63) is 34.3 Å². The van der Waals surface area contributed by atoms with Gasteiger partial charge in [0, 0.05) is 32.2 Å². The minimum Gasteiger partial charge on any atom is -0.374 e. The number of rotatable bonds is 5. The number of hydrogen-bond acceptors (Lipinski definition) is 6. The highest BCUT2D eigenvalue weighted by molar-refractivity contribution is 7.89. The molecule has 0 aliphatic carbocycles.